The number of nitrogens with one attached hydrogen (secondary N) is 2. The molecule has 3 rings (SSSR count). The summed E-state index contributed by atoms with van der Waals surface area (Å²) in [6, 6.07) is 6.38. The molecule has 0 bridgehead atoms. The van der Waals surface area contributed by atoms with Gasteiger partial charge >= 0.3 is 0 Å². The standard InChI is InChI=1S/C20H28N4OS.HI/c1-13-5-8-17(18(9-13)25-12-16-6-7-16)10-22-20(21-4)23-11-19-24-14(2)15(3)26-19;/h5,8-9,16H,6-7,10-12H2,1-4H3,(H2,21,22,23);1H. The third-order valence-electron chi connectivity index (χ3n) is 4.54. The fraction of sp³-hybridized carbons (Fsp3) is 0.500. The third kappa shape index (κ3) is 6.64. The number of hydrogen-bond acceptors (Lipinski definition) is 4. The van der Waals surface area contributed by atoms with E-state index in [0.717, 1.165) is 40.5 Å². The van der Waals surface area contributed by atoms with Crippen LogP contribution in [0.15, 0.2) is 23.2 Å². The third-order valence-corrected chi connectivity index (χ3v) is 5.62. The van der Waals surface area contributed by atoms with E-state index in [-0.39, 0.29) is 24.0 Å². The molecule has 2 N–H and O–H groups in total. The zero-order valence-corrected chi connectivity index (χ0v) is 19.6. The number of rotatable bonds is 7. The summed E-state index contributed by atoms with van der Waals surface area (Å²) in [6.45, 7) is 8.42. The second-order valence-electron chi connectivity index (χ2n) is 6.89. The van der Waals surface area contributed by atoms with E-state index in [1.54, 1.807) is 18.4 Å². The highest BCUT2D eigenvalue weighted by atomic mass is 127. The largest absolute Gasteiger partial charge is 0.493 e. The lowest BCUT2D eigenvalue weighted by Crippen LogP contribution is -2.36. The van der Waals surface area contributed by atoms with Crippen molar-refractivity contribution in [2.45, 2.75) is 46.7 Å². The van der Waals surface area contributed by atoms with E-state index in [1.807, 2.05) is 6.92 Å². The molecule has 5 nitrogen and oxygen atoms in total. The Morgan fingerprint density at radius 1 is 1.22 bits per heavy atom. The lowest BCUT2D eigenvalue weighted by molar-refractivity contribution is 0.296. The van der Waals surface area contributed by atoms with E-state index in [9.17, 15) is 0 Å². The summed E-state index contributed by atoms with van der Waals surface area (Å²) < 4.78 is 6.04. The van der Waals surface area contributed by atoms with Gasteiger partial charge in [0.25, 0.3) is 0 Å². The van der Waals surface area contributed by atoms with Crippen LogP contribution in [-0.2, 0) is 13.1 Å². The molecule has 1 heterocycles. The van der Waals surface area contributed by atoms with E-state index in [4.69, 9.17) is 4.74 Å². The van der Waals surface area contributed by atoms with Crippen molar-refractivity contribution in [2.75, 3.05) is 13.7 Å². The van der Waals surface area contributed by atoms with Gasteiger partial charge in [-0.3, -0.25) is 4.99 Å². The molecule has 2 aromatic rings. The van der Waals surface area contributed by atoms with Gasteiger partial charge < -0.3 is 15.4 Å². The SMILES string of the molecule is CN=C(NCc1nc(C)c(C)s1)NCc1ccc(C)cc1OCC1CC1.I. The lowest BCUT2D eigenvalue weighted by atomic mass is 10.1. The van der Waals surface area contributed by atoms with Gasteiger partial charge in [-0.05, 0) is 51.2 Å². The molecule has 1 aliphatic carbocycles. The molecule has 1 saturated carbocycles. The van der Waals surface area contributed by atoms with Gasteiger partial charge in [-0.2, -0.15) is 0 Å². The fourth-order valence-electron chi connectivity index (χ4n) is 2.61. The van der Waals surface area contributed by atoms with Crippen LogP contribution in [0.25, 0.3) is 0 Å². The van der Waals surface area contributed by atoms with Crippen LogP contribution in [0.2, 0.25) is 0 Å². The topological polar surface area (TPSA) is 58.5 Å². The van der Waals surface area contributed by atoms with Gasteiger partial charge in [-0.25, -0.2) is 4.98 Å². The molecular weight excluding hydrogens is 471 g/mol. The van der Waals surface area contributed by atoms with Gasteiger partial charge in [-0.15, -0.1) is 35.3 Å². The van der Waals surface area contributed by atoms with E-state index in [0.29, 0.717) is 13.1 Å². The number of guanidine groups is 1. The molecule has 148 valence electrons. The Bertz CT molecular complexity index is 767. The van der Waals surface area contributed by atoms with Crippen molar-refractivity contribution in [3.8, 4) is 5.75 Å². The molecule has 0 spiro atoms. The van der Waals surface area contributed by atoms with Crippen molar-refractivity contribution in [2.24, 2.45) is 10.9 Å². The molecule has 0 unspecified atom stereocenters. The van der Waals surface area contributed by atoms with Crippen LogP contribution in [0.1, 0.15) is 39.5 Å². The molecule has 1 fully saturated rings. The highest BCUT2D eigenvalue weighted by Gasteiger charge is 2.22. The van der Waals surface area contributed by atoms with Crippen LogP contribution < -0.4 is 15.4 Å². The highest BCUT2D eigenvalue weighted by molar-refractivity contribution is 14.0. The minimum atomic E-state index is 0. The van der Waals surface area contributed by atoms with Crippen LogP contribution in [-0.4, -0.2) is 24.6 Å². The smallest absolute Gasteiger partial charge is 0.191 e. The first-order valence-corrected chi connectivity index (χ1v) is 9.96. The first-order chi connectivity index (χ1) is 12.5. The zero-order chi connectivity index (χ0) is 18.5. The Morgan fingerprint density at radius 2 is 1.96 bits per heavy atom. The molecular formula is C20H29IN4OS. The zero-order valence-electron chi connectivity index (χ0n) is 16.5. The number of aliphatic imine (C=N–C) groups is 1. The monoisotopic (exact) mass is 500 g/mol. The van der Waals surface area contributed by atoms with E-state index in [1.165, 1.54) is 23.3 Å². The van der Waals surface area contributed by atoms with E-state index in [2.05, 4.69) is 52.7 Å². The molecule has 0 atom stereocenters. The van der Waals surface area contributed by atoms with Crippen molar-refractivity contribution in [1.29, 1.82) is 0 Å². The Labute approximate surface area is 183 Å². The van der Waals surface area contributed by atoms with Crippen molar-refractivity contribution in [3.05, 3.63) is 44.9 Å². The average molecular weight is 500 g/mol. The molecule has 7 heteroatoms. The normalized spacial score (nSPS) is 13.9. The molecule has 1 aliphatic rings. The lowest BCUT2D eigenvalue weighted by Gasteiger charge is -2.15. The fourth-order valence-corrected chi connectivity index (χ4v) is 3.48. The minimum absolute atomic E-state index is 0. The Morgan fingerprint density at radius 3 is 2.59 bits per heavy atom. The summed E-state index contributed by atoms with van der Waals surface area (Å²) in [5.74, 6) is 2.49. The predicted molar refractivity (Wildman–Crippen MR) is 123 cm³/mol. The van der Waals surface area contributed by atoms with Gasteiger partial charge in [-0.1, -0.05) is 12.1 Å². The van der Waals surface area contributed by atoms with Crippen LogP contribution in [0, 0.1) is 26.7 Å². The van der Waals surface area contributed by atoms with Gasteiger partial charge in [0.1, 0.15) is 10.8 Å². The first-order valence-electron chi connectivity index (χ1n) is 9.15. The van der Waals surface area contributed by atoms with Crippen molar-refractivity contribution < 1.29 is 4.74 Å². The number of aromatic nitrogens is 1. The number of thiazole rings is 1. The molecule has 0 amide bonds. The van der Waals surface area contributed by atoms with Crippen LogP contribution in [0.4, 0.5) is 0 Å². The quantitative estimate of drug-likeness (QED) is 0.338. The number of halogens is 1. The Hall–Kier alpha value is -1.35. The molecule has 0 aliphatic heterocycles. The highest BCUT2D eigenvalue weighted by Crippen LogP contribution is 2.30. The van der Waals surface area contributed by atoms with Gasteiger partial charge in [0.05, 0.1) is 18.8 Å². The molecule has 0 radical (unpaired) electrons. The number of aryl methyl sites for hydroxylation is 3. The second-order valence-corrected chi connectivity index (χ2v) is 8.18. The summed E-state index contributed by atoms with van der Waals surface area (Å²) in [6.07, 6.45) is 2.59. The maximum Gasteiger partial charge on any atom is 0.191 e. The van der Waals surface area contributed by atoms with E-state index >= 15 is 0 Å². The van der Waals surface area contributed by atoms with Crippen LogP contribution in [0.3, 0.4) is 0 Å². The summed E-state index contributed by atoms with van der Waals surface area (Å²) in [5.41, 5.74) is 3.48. The Balaban J connectivity index is 0.00000261. The van der Waals surface area contributed by atoms with Crippen LogP contribution in [0.5, 0.6) is 5.75 Å². The van der Waals surface area contributed by atoms with Crippen molar-refractivity contribution in [3.63, 3.8) is 0 Å². The molecule has 27 heavy (non-hydrogen) atoms. The number of ether oxygens (including phenoxy) is 1. The molecule has 1 aromatic heterocycles. The minimum Gasteiger partial charge on any atom is -0.493 e. The summed E-state index contributed by atoms with van der Waals surface area (Å²) in [7, 11) is 1.79. The number of nitrogens with zero attached hydrogens (tertiary/aromatic N) is 2. The molecule has 0 saturated heterocycles. The number of hydrogen-bond donors (Lipinski definition) is 2. The van der Waals surface area contributed by atoms with Gasteiger partial charge in [0, 0.05) is 24.0 Å². The second kappa shape index (κ2) is 10.3. The molecule has 1 aromatic carbocycles. The summed E-state index contributed by atoms with van der Waals surface area (Å²) in [5, 5.41) is 7.79. The van der Waals surface area contributed by atoms with Crippen molar-refractivity contribution >= 4 is 41.3 Å². The van der Waals surface area contributed by atoms with Crippen molar-refractivity contribution in [1.82, 2.24) is 15.6 Å². The Kier molecular flexibility index (Phi) is 8.34. The maximum atomic E-state index is 6.04. The van der Waals surface area contributed by atoms with E-state index < -0.39 is 0 Å². The predicted octanol–water partition coefficient (Wildman–Crippen LogP) is 4.34. The maximum absolute atomic E-state index is 6.04. The average Bonchev–Trinajstić information content (AvgIpc) is 3.39. The van der Waals surface area contributed by atoms with Crippen LogP contribution >= 0.6 is 35.3 Å². The summed E-state index contributed by atoms with van der Waals surface area (Å²) >= 11 is 1.72. The number of benzene rings is 1. The first kappa shape index (κ1) is 21.9. The van der Waals surface area contributed by atoms with Gasteiger partial charge in [0.15, 0.2) is 5.96 Å². The van der Waals surface area contributed by atoms with Gasteiger partial charge in [0.2, 0.25) is 0 Å². The summed E-state index contributed by atoms with van der Waals surface area (Å²) in [4.78, 5) is 10.1.